The van der Waals surface area contributed by atoms with E-state index in [0.717, 1.165) is 0 Å². The summed E-state index contributed by atoms with van der Waals surface area (Å²) in [7, 11) is 0. The van der Waals surface area contributed by atoms with Crippen LogP contribution in [-0.2, 0) is 9.53 Å². The van der Waals surface area contributed by atoms with Gasteiger partial charge in [-0.1, -0.05) is 23.2 Å². The average Bonchev–Trinajstić information content (AvgIpc) is 3.28. The van der Waals surface area contributed by atoms with Crippen LogP contribution in [0.5, 0.6) is 28.7 Å². The quantitative estimate of drug-likeness (QED) is 0.393. The first-order valence-corrected chi connectivity index (χ1v) is 10.9. The van der Waals surface area contributed by atoms with E-state index in [1.807, 2.05) is 0 Å². The van der Waals surface area contributed by atoms with Crippen molar-refractivity contribution in [1.82, 2.24) is 0 Å². The summed E-state index contributed by atoms with van der Waals surface area (Å²) in [5.74, 6) is 1.17. The van der Waals surface area contributed by atoms with Crippen molar-refractivity contribution in [2.45, 2.75) is 6.92 Å². The fourth-order valence-corrected chi connectivity index (χ4v) is 3.51. The van der Waals surface area contributed by atoms with Gasteiger partial charge >= 0.3 is 5.97 Å². The highest BCUT2D eigenvalue weighted by Gasteiger charge is 2.18. The maximum atomic E-state index is 12.6. The van der Waals surface area contributed by atoms with Crippen molar-refractivity contribution in [1.29, 1.82) is 0 Å². The van der Waals surface area contributed by atoms with E-state index in [0.29, 0.717) is 33.8 Å². The molecule has 1 amide bonds. The van der Waals surface area contributed by atoms with Gasteiger partial charge in [-0.2, -0.15) is 0 Å². The molecule has 0 unspecified atom stereocenters. The highest BCUT2D eigenvalue weighted by Crippen LogP contribution is 2.38. The normalized spacial score (nSPS) is 11.6. The summed E-state index contributed by atoms with van der Waals surface area (Å²) in [6.07, 6.45) is 0. The first-order chi connectivity index (χ1) is 16.4. The summed E-state index contributed by atoms with van der Waals surface area (Å²) in [6, 6.07) is 14.3. The number of hydrogen-bond acceptors (Lipinski definition) is 7. The van der Waals surface area contributed by atoms with Crippen molar-refractivity contribution in [2.24, 2.45) is 0 Å². The molecular weight excluding hydrogens is 485 g/mol. The fraction of sp³-hybridized carbons (Fsp3) is 0.167. The zero-order chi connectivity index (χ0) is 24.1. The predicted octanol–water partition coefficient (Wildman–Crippen LogP) is 5.71. The largest absolute Gasteiger partial charge is 0.482 e. The van der Waals surface area contributed by atoms with Crippen LogP contribution >= 0.6 is 23.2 Å². The minimum atomic E-state index is -0.531. The van der Waals surface area contributed by atoms with Gasteiger partial charge in [0.05, 0.1) is 22.9 Å². The molecular formula is C24H19Cl2NO7. The van der Waals surface area contributed by atoms with Gasteiger partial charge in [-0.25, -0.2) is 4.79 Å². The summed E-state index contributed by atoms with van der Waals surface area (Å²) >= 11 is 12.0. The van der Waals surface area contributed by atoms with Crippen LogP contribution in [0.3, 0.4) is 0 Å². The number of halogens is 2. The lowest BCUT2D eigenvalue weighted by Gasteiger charge is -2.15. The number of anilines is 1. The van der Waals surface area contributed by atoms with E-state index in [9.17, 15) is 9.59 Å². The van der Waals surface area contributed by atoms with E-state index in [4.69, 9.17) is 46.9 Å². The van der Waals surface area contributed by atoms with Gasteiger partial charge < -0.3 is 29.0 Å². The number of esters is 1. The highest BCUT2D eigenvalue weighted by atomic mass is 35.5. The van der Waals surface area contributed by atoms with Crippen LogP contribution in [0.15, 0.2) is 54.6 Å². The third-order valence-electron chi connectivity index (χ3n) is 4.59. The lowest BCUT2D eigenvalue weighted by molar-refractivity contribution is -0.118. The Morgan fingerprint density at radius 3 is 2.56 bits per heavy atom. The molecule has 1 heterocycles. The molecule has 4 rings (SSSR count). The Morgan fingerprint density at radius 1 is 0.971 bits per heavy atom. The monoisotopic (exact) mass is 503 g/mol. The molecule has 3 aromatic rings. The Morgan fingerprint density at radius 2 is 1.76 bits per heavy atom. The van der Waals surface area contributed by atoms with Gasteiger partial charge in [0, 0.05) is 11.1 Å². The van der Waals surface area contributed by atoms with Gasteiger partial charge in [-0.3, -0.25) is 4.79 Å². The SMILES string of the molecule is CCOC(=O)c1ccc(Oc2ccc3c(c2)OCO3)c(NC(=O)COc2ccc(Cl)cc2Cl)c1. The molecule has 0 bridgehead atoms. The zero-order valence-corrected chi connectivity index (χ0v) is 19.4. The molecule has 0 radical (unpaired) electrons. The van der Waals surface area contributed by atoms with Crippen LogP contribution in [0, 0.1) is 0 Å². The van der Waals surface area contributed by atoms with Crippen LogP contribution in [0.4, 0.5) is 5.69 Å². The molecule has 0 atom stereocenters. The number of carbonyl (C=O) groups is 2. The summed E-state index contributed by atoms with van der Waals surface area (Å²) in [5, 5.41) is 3.42. The van der Waals surface area contributed by atoms with Crippen LogP contribution < -0.4 is 24.3 Å². The topological polar surface area (TPSA) is 92.3 Å². The molecule has 1 N–H and O–H groups in total. The van der Waals surface area contributed by atoms with Gasteiger partial charge in [0.25, 0.3) is 5.91 Å². The Labute approximate surface area is 205 Å². The molecule has 0 fully saturated rings. The second-order valence-corrected chi connectivity index (χ2v) is 7.80. The number of rotatable bonds is 8. The minimum absolute atomic E-state index is 0.131. The van der Waals surface area contributed by atoms with Crippen LogP contribution in [0.25, 0.3) is 0 Å². The summed E-state index contributed by atoms with van der Waals surface area (Å²) in [6.45, 7) is 1.71. The van der Waals surface area contributed by atoms with E-state index in [-0.39, 0.29) is 36.3 Å². The van der Waals surface area contributed by atoms with Crippen LogP contribution in [0.1, 0.15) is 17.3 Å². The number of ether oxygens (including phenoxy) is 5. The van der Waals surface area contributed by atoms with Crippen molar-refractivity contribution in [3.63, 3.8) is 0 Å². The number of benzene rings is 3. The van der Waals surface area contributed by atoms with Crippen molar-refractivity contribution in [3.8, 4) is 28.7 Å². The number of carbonyl (C=O) groups excluding carboxylic acids is 2. The highest BCUT2D eigenvalue weighted by molar-refractivity contribution is 6.35. The molecule has 0 saturated heterocycles. The number of hydrogen-bond donors (Lipinski definition) is 1. The van der Waals surface area contributed by atoms with Crippen molar-refractivity contribution < 1.29 is 33.3 Å². The first kappa shape index (κ1) is 23.5. The Kier molecular flexibility index (Phi) is 7.30. The standard InChI is InChI=1S/C24H19Cl2NO7/c1-2-30-24(29)14-3-6-20(34-16-5-8-21-22(11-16)33-13-32-21)18(9-14)27-23(28)12-31-19-7-4-15(25)10-17(19)26/h3-11H,2,12-13H2,1H3,(H,27,28). The Hall–Kier alpha value is -3.62. The summed E-state index contributed by atoms with van der Waals surface area (Å²) < 4.78 is 27.2. The smallest absolute Gasteiger partial charge is 0.338 e. The van der Waals surface area contributed by atoms with E-state index in [2.05, 4.69) is 5.32 Å². The van der Waals surface area contributed by atoms with Gasteiger partial charge in [-0.05, 0) is 55.5 Å². The van der Waals surface area contributed by atoms with E-state index < -0.39 is 11.9 Å². The molecule has 0 saturated carbocycles. The van der Waals surface area contributed by atoms with Gasteiger partial charge in [0.15, 0.2) is 23.9 Å². The molecule has 8 nitrogen and oxygen atoms in total. The lowest BCUT2D eigenvalue weighted by atomic mass is 10.2. The molecule has 0 aliphatic carbocycles. The second-order valence-electron chi connectivity index (χ2n) is 6.96. The van der Waals surface area contributed by atoms with Crippen LogP contribution in [-0.4, -0.2) is 31.9 Å². The molecule has 176 valence electrons. The molecule has 0 spiro atoms. The van der Waals surface area contributed by atoms with E-state index >= 15 is 0 Å². The molecule has 34 heavy (non-hydrogen) atoms. The maximum absolute atomic E-state index is 12.6. The molecule has 10 heteroatoms. The van der Waals surface area contributed by atoms with Gasteiger partial charge in [-0.15, -0.1) is 0 Å². The zero-order valence-electron chi connectivity index (χ0n) is 17.9. The number of nitrogens with one attached hydrogen (secondary N) is 1. The fourth-order valence-electron chi connectivity index (χ4n) is 3.05. The first-order valence-electron chi connectivity index (χ1n) is 10.2. The minimum Gasteiger partial charge on any atom is -0.482 e. The second kappa shape index (κ2) is 10.5. The number of amides is 1. The summed E-state index contributed by atoms with van der Waals surface area (Å²) in [5.41, 5.74) is 0.496. The molecule has 0 aromatic heterocycles. The van der Waals surface area contributed by atoms with E-state index in [1.165, 1.54) is 12.1 Å². The van der Waals surface area contributed by atoms with E-state index in [1.54, 1.807) is 49.4 Å². The maximum Gasteiger partial charge on any atom is 0.338 e. The summed E-state index contributed by atoms with van der Waals surface area (Å²) in [4.78, 5) is 24.8. The molecule has 1 aliphatic heterocycles. The third kappa shape index (κ3) is 5.65. The Balaban J connectivity index is 1.53. The van der Waals surface area contributed by atoms with Gasteiger partial charge in [0.1, 0.15) is 11.5 Å². The molecule has 3 aromatic carbocycles. The Bertz CT molecular complexity index is 1230. The van der Waals surface area contributed by atoms with Crippen molar-refractivity contribution in [3.05, 3.63) is 70.2 Å². The van der Waals surface area contributed by atoms with Crippen LogP contribution in [0.2, 0.25) is 10.0 Å². The van der Waals surface area contributed by atoms with Crippen molar-refractivity contribution >= 4 is 40.8 Å². The van der Waals surface area contributed by atoms with Crippen molar-refractivity contribution in [2.75, 3.05) is 25.3 Å². The average molecular weight is 504 g/mol. The predicted molar refractivity (Wildman–Crippen MR) is 126 cm³/mol. The third-order valence-corrected chi connectivity index (χ3v) is 5.12. The van der Waals surface area contributed by atoms with Gasteiger partial charge in [0.2, 0.25) is 6.79 Å². The lowest BCUT2D eigenvalue weighted by Crippen LogP contribution is -2.21. The molecule has 1 aliphatic rings. The number of fused-ring (bicyclic) bond motifs is 1.